The summed E-state index contributed by atoms with van der Waals surface area (Å²) >= 11 is 0. The molecule has 0 aromatic carbocycles. The van der Waals surface area contributed by atoms with Crippen LogP contribution in [0, 0.1) is 5.82 Å². The summed E-state index contributed by atoms with van der Waals surface area (Å²) in [5.41, 5.74) is -0.435. The van der Waals surface area contributed by atoms with Gasteiger partial charge in [-0.3, -0.25) is 4.79 Å². The minimum Gasteiger partial charge on any atom is -0.474 e. The Bertz CT molecular complexity index is 1270. The predicted molar refractivity (Wildman–Crippen MR) is 128 cm³/mol. The number of carbonyl (C=O) groups is 1. The van der Waals surface area contributed by atoms with E-state index in [1.165, 1.54) is 0 Å². The van der Waals surface area contributed by atoms with Crippen LogP contribution >= 0.6 is 0 Å². The van der Waals surface area contributed by atoms with Gasteiger partial charge in [-0.05, 0) is 38.1 Å². The number of aromatic nitrogens is 4. The molecule has 2 aliphatic heterocycles. The summed E-state index contributed by atoms with van der Waals surface area (Å²) in [6, 6.07) is 6.78. The lowest BCUT2D eigenvalue weighted by Gasteiger charge is -2.32. The van der Waals surface area contributed by atoms with Gasteiger partial charge in [0, 0.05) is 13.1 Å². The summed E-state index contributed by atoms with van der Waals surface area (Å²) < 4.78 is 38.4. The largest absolute Gasteiger partial charge is 0.474 e. The molecule has 1 fully saturated rings. The molecule has 1 saturated heterocycles. The first-order chi connectivity index (χ1) is 17.3. The van der Waals surface area contributed by atoms with Gasteiger partial charge in [-0.15, -0.1) is 0 Å². The number of alkyl halides is 1. The Morgan fingerprint density at radius 2 is 2.03 bits per heavy atom. The number of halogens is 2. The summed E-state index contributed by atoms with van der Waals surface area (Å²) in [4.78, 5) is 31.0. The number of morpholine rings is 1. The van der Waals surface area contributed by atoms with Gasteiger partial charge in [0.2, 0.25) is 5.95 Å². The van der Waals surface area contributed by atoms with Gasteiger partial charge in [0.1, 0.15) is 24.4 Å². The molecule has 0 radical (unpaired) electrons. The molecule has 1 atom stereocenters. The number of rotatable bonds is 6. The number of hydrogen-bond donors (Lipinski definition) is 3. The van der Waals surface area contributed by atoms with Gasteiger partial charge in [0.25, 0.3) is 5.91 Å². The second kappa shape index (κ2) is 9.49. The van der Waals surface area contributed by atoms with Crippen molar-refractivity contribution in [1.29, 1.82) is 0 Å². The maximum atomic E-state index is 14.4. The quantitative estimate of drug-likeness (QED) is 0.466. The molecular weight excluding hydrogens is 474 g/mol. The second-order valence-corrected chi connectivity index (χ2v) is 8.75. The third-order valence-corrected chi connectivity index (χ3v) is 5.63. The predicted octanol–water partition coefficient (Wildman–Crippen LogP) is 3.18. The second-order valence-electron chi connectivity index (χ2n) is 8.75. The molecule has 0 spiro atoms. The Kier molecular flexibility index (Phi) is 6.22. The molecule has 11 nitrogen and oxygen atoms in total. The van der Waals surface area contributed by atoms with Crippen molar-refractivity contribution < 1.29 is 23.0 Å². The third-order valence-electron chi connectivity index (χ3n) is 5.63. The smallest absolute Gasteiger partial charge is 0.269 e. The zero-order valence-corrected chi connectivity index (χ0v) is 19.6. The van der Waals surface area contributed by atoms with Crippen LogP contribution in [0.4, 0.5) is 43.7 Å². The summed E-state index contributed by atoms with van der Waals surface area (Å²) in [6.07, 6.45) is 2.15. The highest BCUT2D eigenvalue weighted by Crippen LogP contribution is 2.33. The number of amides is 1. The summed E-state index contributed by atoms with van der Waals surface area (Å²) in [5, 5.41) is 8.46. The fourth-order valence-corrected chi connectivity index (χ4v) is 3.70. The Morgan fingerprint density at radius 3 is 2.81 bits per heavy atom. The van der Waals surface area contributed by atoms with Gasteiger partial charge in [0.15, 0.2) is 28.8 Å². The highest BCUT2D eigenvalue weighted by molar-refractivity contribution is 5.99. The Hall–Kier alpha value is -4.13. The van der Waals surface area contributed by atoms with Crippen LogP contribution < -0.4 is 25.6 Å². The molecule has 0 bridgehead atoms. The molecule has 5 heterocycles. The number of carbonyl (C=O) groups excluding carboxylic acids is 1. The van der Waals surface area contributed by atoms with Gasteiger partial charge in [-0.2, -0.15) is 4.98 Å². The monoisotopic (exact) mass is 498 g/mol. The van der Waals surface area contributed by atoms with Gasteiger partial charge < -0.3 is 30.3 Å². The summed E-state index contributed by atoms with van der Waals surface area (Å²) in [5.74, 6) is 0.573. The molecule has 1 amide bonds. The maximum absolute atomic E-state index is 14.4. The van der Waals surface area contributed by atoms with E-state index in [1.54, 1.807) is 44.3 Å². The molecule has 3 aromatic rings. The van der Waals surface area contributed by atoms with Crippen LogP contribution in [-0.4, -0.2) is 63.9 Å². The van der Waals surface area contributed by atoms with E-state index >= 15 is 0 Å². The number of nitrogens with zero attached hydrogens (tertiary/aromatic N) is 5. The molecule has 188 valence electrons. The highest BCUT2D eigenvalue weighted by atomic mass is 19.1. The maximum Gasteiger partial charge on any atom is 0.269 e. The van der Waals surface area contributed by atoms with Crippen molar-refractivity contribution in [3.63, 3.8) is 0 Å². The number of anilines is 6. The topological polar surface area (TPSA) is 126 Å². The molecule has 0 saturated carbocycles. The molecular formula is C23H24F2N8O3. The van der Waals surface area contributed by atoms with Gasteiger partial charge >= 0.3 is 0 Å². The molecule has 3 N–H and O–H groups in total. The minimum atomic E-state index is -1.02. The standard InChI is InChI=1S/C23H24F2N8O3/c1-23(2)21(34)31-20-16(36-23)4-5-17(30-20)29-19-15(25)11-27-22(32-19)28-13-3-6-18(26-10-13)33-7-8-35-14(9-24)12-33/h3-6,10-11,14H,7-9,12H2,1-2H3,(H3,27,28,29,30,31,32,34)/t14-/m0/s1. The zero-order chi connectivity index (χ0) is 25.3. The van der Waals surface area contributed by atoms with Crippen molar-refractivity contribution >= 4 is 40.8 Å². The fraction of sp³-hybridized carbons (Fsp3) is 0.348. The van der Waals surface area contributed by atoms with Crippen molar-refractivity contribution in [3.05, 3.63) is 42.5 Å². The van der Waals surface area contributed by atoms with Crippen LogP contribution in [0.15, 0.2) is 36.7 Å². The van der Waals surface area contributed by atoms with Gasteiger partial charge in [0.05, 0.1) is 24.7 Å². The zero-order valence-electron chi connectivity index (χ0n) is 19.6. The van der Waals surface area contributed by atoms with E-state index in [1.807, 2.05) is 4.90 Å². The van der Waals surface area contributed by atoms with E-state index in [0.29, 0.717) is 37.0 Å². The molecule has 2 aliphatic rings. The van der Waals surface area contributed by atoms with E-state index in [4.69, 9.17) is 9.47 Å². The van der Waals surface area contributed by atoms with E-state index < -0.39 is 24.2 Å². The van der Waals surface area contributed by atoms with Crippen molar-refractivity contribution in [2.75, 3.05) is 47.2 Å². The fourth-order valence-electron chi connectivity index (χ4n) is 3.70. The van der Waals surface area contributed by atoms with Crippen LogP contribution in [-0.2, 0) is 9.53 Å². The van der Waals surface area contributed by atoms with E-state index in [0.717, 1.165) is 6.20 Å². The van der Waals surface area contributed by atoms with Crippen molar-refractivity contribution in [3.8, 4) is 5.75 Å². The average molecular weight is 498 g/mol. The van der Waals surface area contributed by atoms with Crippen molar-refractivity contribution in [2.24, 2.45) is 0 Å². The molecule has 3 aromatic heterocycles. The van der Waals surface area contributed by atoms with E-state index in [-0.39, 0.29) is 29.3 Å². The molecule has 5 rings (SSSR count). The van der Waals surface area contributed by atoms with Crippen molar-refractivity contribution in [2.45, 2.75) is 25.6 Å². The van der Waals surface area contributed by atoms with Crippen molar-refractivity contribution in [1.82, 2.24) is 19.9 Å². The normalized spacial score (nSPS) is 18.6. The number of hydrogen-bond acceptors (Lipinski definition) is 10. The van der Waals surface area contributed by atoms with Gasteiger partial charge in [-0.25, -0.2) is 23.7 Å². The Morgan fingerprint density at radius 1 is 1.17 bits per heavy atom. The lowest BCUT2D eigenvalue weighted by molar-refractivity contribution is -0.129. The summed E-state index contributed by atoms with van der Waals surface area (Å²) in [6.45, 7) is 4.24. The van der Waals surface area contributed by atoms with Gasteiger partial charge in [-0.1, -0.05) is 0 Å². The van der Waals surface area contributed by atoms with Crippen LogP contribution in [0.5, 0.6) is 5.75 Å². The average Bonchev–Trinajstić information content (AvgIpc) is 2.87. The van der Waals surface area contributed by atoms with Crippen LogP contribution in [0.25, 0.3) is 0 Å². The lowest BCUT2D eigenvalue weighted by atomic mass is 10.1. The number of pyridine rings is 2. The lowest BCUT2D eigenvalue weighted by Crippen LogP contribution is -2.46. The SMILES string of the molecule is CC1(C)Oc2ccc(Nc3nc(Nc4ccc(N5CCO[C@@H](CF)C5)nc4)ncc3F)nc2NC1=O. The number of nitrogens with one attached hydrogen (secondary N) is 3. The van der Waals surface area contributed by atoms with E-state index in [2.05, 4.69) is 35.9 Å². The first kappa shape index (κ1) is 23.6. The number of ether oxygens (including phenoxy) is 2. The van der Waals surface area contributed by atoms with E-state index in [9.17, 15) is 13.6 Å². The first-order valence-electron chi connectivity index (χ1n) is 11.3. The molecule has 0 aliphatic carbocycles. The van der Waals surface area contributed by atoms with Crippen LogP contribution in [0.2, 0.25) is 0 Å². The summed E-state index contributed by atoms with van der Waals surface area (Å²) in [7, 11) is 0. The molecule has 36 heavy (non-hydrogen) atoms. The third kappa shape index (κ3) is 4.96. The Labute approximate surface area is 205 Å². The minimum absolute atomic E-state index is 0.113. The highest BCUT2D eigenvalue weighted by Gasteiger charge is 2.36. The van der Waals surface area contributed by atoms with Crippen LogP contribution in [0.1, 0.15) is 13.8 Å². The molecule has 0 unspecified atom stereocenters. The Balaban J connectivity index is 1.28. The number of fused-ring (bicyclic) bond motifs is 1. The first-order valence-corrected chi connectivity index (χ1v) is 11.3. The molecule has 13 heteroatoms. The van der Waals surface area contributed by atoms with Crippen LogP contribution in [0.3, 0.4) is 0 Å².